The molecule has 34 heavy (non-hydrogen) atoms. The molecule has 1 amide bonds. The van der Waals surface area contributed by atoms with E-state index in [-0.39, 0.29) is 33.9 Å². The van der Waals surface area contributed by atoms with Gasteiger partial charge in [0, 0.05) is 31.2 Å². The normalized spacial score (nSPS) is 11.7. The van der Waals surface area contributed by atoms with E-state index in [1.165, 1.54) is 36.3 Å². The van der Waals surface area contributed by atoms with E-state index in [9.17, 15) is 31.9 Å². The zero-order chi connectivity index (χ0) is 24.8. The number of rotatable bonds is 4. The van der Waals surface area contributed by atoms with E-state index in [1.54, 1.807) is 0 Å². The third kappa shape index (κ3) is 4.21. The number of fused-ring (bicyclic) bond motifs is 1. The molecule has 1 N–H and O–H groups in total. The van der Waals surface area contributed by atoms with Crippen molar-refractivity contribution in [3.05, 3.63) is 73.8 Å². The molecule has 0 bridgehead atoms. The fraction of sp³-hybridized carbons (Fsp3) is 0.190. The van der Waals surface area contributed by atoms with Crippen molar-refractivity contribution in [1.29, 1.82) is 0 Å². The van der Waals surface area contributed by atoms with Gasteiger partial charge in [-0.1, -0.05) is 0 Å². The van der Waals surface area contributed by atoms with Crippen LogP contribution >= 0.6 is 11.3 Å². The number of nitrogens with one attached hydrogen (secondary N) is 1. The molecule has 13 heteroatoms. The van der Waals surface area contributed by atoms with Gasteiger partial charge in [0.1, 0.15) is 5.82 Å². The van der Waals surface area contributed by atoms with Crippen molar-refractivity contribution in [1.82, 2.24) is 19.1 Å². The largest absolute Gasteiger partial charge is 0.419 e. The zero-order valence-electron chi connectivity index (χ0n) is 17.6. The van der Waals surface area contributed by atoms with Crippen LogP contribution in [0, 0.1) is 5.82 Å². The first-order valence-electron chi connectivity index (χ1n) is 9.63. The van der Waals surface area contributed by atoms with Gasteiger partial charge in [0.05, 0.1) is 34.3 Å². The van der Waals surface area contributed by atoms with E-state index < -0.39 is 34.7 Å². The van der Waals surface area contributed by atoms with Gasteiger partial charge < -0.3 is 5.32 Å². The van der Waals surface area contributed by atoms with Gasteiger partial charge in [-0.25, -0.2) is 14.2 Å². The summed E-state index contributed by atoms with van der Waals surface area (Å²) in [6.07, 6.45) is -3.80. The number of hydrogen-bond acceptors (Lipinski definition) is 6. The van der Waals surface area contributed by atoms with Crippen LogP contribution in [-0.4, -0.2) is 25.0 Å². The molecule has 8 nitrogen and oxygen atoms in total. The van der Waals surface area contributed by atoms with Crippen LogP contribution in [0.4, 0.5) is 22.7 Å². The lowest BCUT2D eigenvalue weighted by molar-refractivity contribution is -0.140. The van der Waals surface area contributed by atoms with Crippen molar-refractivity contribution in [3.63, 3.8) is 0 Å². The maximum absolute atomic E-state index is 13.5. The fourth-order valence-electron chi connectivity index (χ4n) is 3.40. The standard InChI is InChI=1S/C21H15F4N5O3S/c1-29-15-5-6-26-13(17(15)18(32)30(2)20(29)33)8-16(31)28-19-27-14(9-34-19)10-3-4-12(22)11(7-10)21(23,24)25/h3-7,9H,8H2,1-2H3,(H,27,28,31). The summed E-state index contributed by atoms with van der Waals surface area (Å²) in [7, 11) is 2.81. The highest BCUT2D eigenvalue weighted by Crippen LogP contribution is 2.35. The smallest absolute Gasteiger partial charge is 0.302 e. The van der Waals surface area contributed by atoms with Crippen LogP contribution in [0.3, 0.4) is 0 Å². The molecular formula is C21H15F4N5O3S. The number of aromatic nitrogens is 4. The highest BCUT2D eigenvalue weighted by Gasteiger charge is 2.34. The number of halogens is 4. The summed E-state index contributed by atoms with van der Waals surface area (Å²) in [6.45, 7) is 0. The first kappa shape index (κ1) is 23.3. The van der Waals surface area contributed by atoms with Gasteiger partial charge in [-0.15, -0.1) is 11.3 Å². The number of anilines is 1. The van der Waals surface area contributed by atoms with E-state index in [2.05, 4.69) is 15.3 Å². The monoisotopic (exact) mass is 493 g/mol. The molecule has 0 saturated carbocycles. The number of thiazole rings is 1. The van der Waals surface area contributed by atoms with Crippen molar-refractivity contribution >= 4 is 33.3 Å². The lowest BCUT2D eigenvalue weighted by Gasteiger charge is -2.10. The Morgan fingerprint density at radius 1 is 1.15 bits per heavy atom. The van der Waals surface area contributed by atoms with Gasteiger partial charge in [-0.05, 0) is 24.3 Å². The summed E-state index contributed by atoms with van der Waals surface area (Å²) < 4.78 is 54.6. The molecular weight excluding hydrogens is 478 g/mol. The third-order valence-electron chi connectivity index (χ3n) is 5.11. The van der Waals surface area contributed by atoms with Crippen LogP contribution in [0.15, 0.2) is 45.4 Å². The third-order valence-corrected chi connectivity index (χ3v) is 5.87. The molecule has 0 spiro atoms. The topological polar surface area (TPSA) is 98.9 Å². The van der Waals surface area contributed by atoms with Gasteiger partial charge >= 0.3 is 11.9 Å². The molecule has 0 aliphatic heterocycles. The summed E-state index contributed by atoms with van der Waals surface area (Å²) in [5.74, 6) is -1.97. The van der Waals surface area contributed by atoms with Gasteiger partial charge in [-0.2, -0.15) is 13.2 Å². The van der Waals surface area contributed by atoms with Crippen LogP contribution < -0.4 is 16.6 Å². The van der Waals surface area contributed by atoms with Gasteiger partial charge in [0.25, 0.3) is 5.56 Å². The van der Waals surface area contributed by atoms with Crippen LogP contribution in [0.5, 0.6) is 0 Å². The molecule has 176 valence electrons. The minimum atomic E-state index is -4.86. The van der Waals surface area contributed by atoms with Crippen molar-refractivity contribution < 1.29 is 22.4 Å². The van der Waals surface area contributed by atoms with E-state index >= 15 is 0 Å². The van der Waals surface area contributed by atoms with Crippen molar-refractivity contribution in [2.24, 2.45) is 14.1 Å². The first-order valence-corrected chi connectivity index (χ1v) is 10.5. The summed E-state index contributed by atoms with van der Waals surface area (Å²) in [4.78, 5) is 45.5. The molecule has 0 aliphatic carbocycles. The Labute approximate surface area is 192 Å². The first-order chi connectivity index (χ1) is 16.0. The minimum absolute atomic E-state index is 0.0330. The Morgan fingerprint density at radius 2 is 1.88 bits per heavy atom. The van der Waals surface area contributed by atoms with Crippen molar-refractivity contribution in [3.8, 4) is 11.3 Å². The summed E-state index contributed by atoms with van der Waals surface area (Å²) in [5.41, 5.74) is -1.91. The Hall–Kier alpha value is -3.87. The SMILES string of the molecule is Cn1c(=O)c2c(CC(=O)Nc3nc(-c4ccc(F)c(C(F)(F)F)c4)cs3)nccc2n(C)c1=O. The highest BCUT2D eigenvalue weighted by atomic mass is 32.1. The molecule has 1 aromatic carbocycles. The number of hydrogen-bond donors (Lipinski definition) is 1. The molecule has 4 aromatic rings. The second-order valence-corrected chi connectivity index (χ2v) is 8.17. The highest BCUT2D eigenvalue weighted by molar-refractivity contribution is 7.14. The maximum Gasteiger partial charge on any atom is 0.419 e. The zero-order valence-corrected chi connectivity index (χ0v) is 18.4. The molecule has 0 saturated heterocycles. The van der Waals surface area contributed by atoms with Gasteiger partial charge in [0.15, 0.2) is 5.13 Å². The number of amides is 1. The average molecular weight is 493 g/mol. The maximum atomic E-state index is 13.5. The number of benzene rings is 1. The Kier molecular flexibility index (Phi) is 5.81. The number of nitrogens with zero attached hydrogens (tertiary/aromatic N) is 4. The number of carbonyl (C=O) groups excluding carboxylic acids is 1. The Morgan fingerprint density at radius 3 is 2.59 bits per heavy atom. The van der Waals surface area contributed by atoms with E-state index in [1.807, 2.05) is 0 Å². The predicted molar refractivity (Wildman–Crippen MR) is 117 cm³/mol. The second kappa shape index (κ2) is 8.48. The van der Waals surface area contributed by atoms with E-state index in [0.717, 1.165) is 22.0 Å². The molecule has 0 fully saturated rings. The van der Waals surface area contributed by atoms with Gasteiger partial charge in [0.2, 0.25) is 5.91 Å². The predicted octanol–water partition coefficient (Wildman–Crippen LogP) is 3.09. The quantitative estimate of drug-likeness (QED) is 0.441. The fourth-order valence-corrected chi connectivity index (χ4v) is 4.14. The molecule has 0 unspecified atom stereocenters. The average Bonchev–Trinajstić information content (AvgIpc) is 3.23. The van der Waals surface area contributed by atoms with Crippen LogP contribution in [0.1, 0.15) is 11.3 Å². The van der Waals surface area contributed by atoms with Gasteiger partial charge in [-0.3, -0.25) is 23.7 Å². The van der Waals surface area contributed by atoms with Crippen molar-refractivity contribution in [2.75, 3.05) is 5.32 Å². The molecule has 0 aliphatic rings. The summed E-state index contributed by atoms with van der Waals surface area (Å²) in [6, 6.07) is 4.00. The Bertz CT molecular complexity index is 1560. The molecule has 3 aromatic heterocycles. The van der Waals surface area contributed by atoms with Crippen LogP contribution in [0.2, 0.25) is 0 Å². The van der Waals surface area contributed by atoms with E-state index in [0.29, 0.717) is 17.6 Å². The number of alkyl halides is 3. The molecule has 3 heterocycles. The number of carbonyl (C=O) groups is 1. The lowest BCUT2D eigenvalue weighted by atomic mass is 10.1. The van der Waals surface area contributed by atoms with Crippen LogP contribution in [0.25, 0.3) is 22.2 Å². The minimum Gasteiger partial charge on any atom is -0.302 e. The van der Waals surface area contributed by atoms with E-state index in [4.69, 9.17) is 0 Å². The second-order valence-electron chi connectivity index (χ2n) is 7.31. The molecule has 0 atom stereocenters. The van der Waals surface area contributed by atoms with Crippen molar-refractivity contribution in [2.45, 2.75) is 12.6 Å². The molecule has 4 rings (SSSR count). The number of aryl methyl sites for hydroxylation is 1. The lowest BCUT2D eigenvalue weighted by Crippen LogP contribution is -2.37. The number of pyridine rings is 1. The summed E-state index contributed by atoms with van der Waals surface area (Å²) in [5, 5.41) is 4.15. The molecule has 0 radical (unpaired) electrons. The summed E-state index contributed by atoms with van der Waals surface area (Å²) >= 11 is 0.965. The van der Waals surface area contributed by atoms with Crippen LogP contribution in [-0.2, 0) is 31.5 Å². The Balaban J connectivity index is 1.59.